The van der Waals surface area contributed by atoms with Gasteiger partial charge >= 0.3 is 203 Å². The van der Waals surface area contributed by atoms with Crippen LogP contribution in [-0.2, 0) is 54.4 Å². The second kappa shape index (κ2) is 31.9. The molecule has 9 N–H and O–H groups in total. The van der Waals surface area contributed by atoms with Gasteiger partial charge in [-0.3, -0.25) is 33.6 Å². The monoisotopic (exact) mass is 1270 g/mol. The Bertz CT molecular complexity index is 3830. The number of hydrogen-bond acceptors (Lipinski definition) is 11. The quantitative estimate of drug-likeness (QED) is 0.0210. The summed E-state index contributed by atoms with van der Waals surface area (Å²) in [7, 11) is 9.64. The first-order valence-corrected chi connectivity index (χ1v) is 32.5. The number of benzene rings is 3. The summed E-state index contributed by atoms with van der Waals surface area (Å²) < 4.78 is 7.56. The van der Waals surface area contributed by atoms with E-state index in [0.717, 1.165) is 25.5 Å². The molecule has 5 heterocycles. The Kier molecular flexibility index (Phi) is 23.4. The summed E-state index contributed by atoms with van der Waals surface area (Å²) in [5, 5.41) is 28.8. The molecule has 8 aromatic rings. The Hall–Kier alpha value is -10.4. The fraction of sp³-hybridized carbons (Fsp3) is 0.303. The molecule has 92 heavy (non-hydrogen) atoms. The Morgan fingerprint density at radius 3 is 1.23 bits per heavy atom. The van der Waals surface area contributed by atoms with Crippen molar-refractivity contribution in [2.24, 2.45) is 35.2 Å². The Morgan fingerprint density at radius 2 is 0.772 bits per heavy atom. The topological polar surface area (TPSA) is 303 Å². The number of carbonyl (C=O) groups excluding carboxylic acids is 9. The van der Waals surface area contributed by atoms with Crippen LogP contribution in [0.15, 0.2) is 146 Å². The number of nitrogens with one attached hydrogen (secondary N) is 9. The molecular weight excluding hydrogens is 1190 g/mol. The number of anilines is 5. The third-order valence-electron chi connectivity index (χ3n) is 15.4. The van der Waals surface area contributed by atoms with E-state index in [-0.39, 0.29) is 91.0 Å². The molecule has 0 aliphatic rings. The first kappa shape index (κ1) is 67.5. The van der Waals surface area contributed by atoms with Gasteiger partial charge in [0.15, 0.2) is 5.82 Å². The molecule has 0 unspecified atom stereocenters. The standard InChI is InChI=1S/C66H81N16O9P/c1-77(2)34-19-30-67-58(84)27-32-69-62(87)52-38-47(42-78(52)3)73-63(88)53-37-46(41-80(53)5)72-60(86)29-33-70-66(91)61-75-56(44-82(61)7)76-65(90)55-39-48(43-81(55)6)74-64(89)54-36-45(40-79(54)4)71-59(85)28-31-68-57(83)26-17-18-35-92(49-20-11-8-12-21-49,50-22-13-9-14-23-50)51-24-15-10-16-25-51/h8-16,20-25,36-44,92H,17-19,26-35H2,1-7H3,(H,67,84)(H,68,83)(H,69,87)(H,70,91)(H,71,85)(H,72,86)(H,73,88)(H,74,89)(H,76,90). The Balaban J connectivity index is 0.732. The van der Waals surface area contributed by atoms with Gasteiger partial charge in [-0.15, -0.1) is 0 Å². The molecule has 0 fully saturated rings. The van der Waals surface area contributed by atoms with E-state index in [1.807, 2.05) is 37.2 Å². The number of rotatable bonds is 31. The van der Waals surface area contributed by atoms with Crippen LogP contribution in [0.4, 0.5) is 28.6 Å². The number of carbonyl (C=O) groups is 9. The predicted molar refractivity (Wildman–Crippen MR) is 359 cm³/mol. The molecule has 0 saturated carbocycles. The molecule has 5 aromatic heterocycles. The van der Waals surface area contributed by atoms with Crippen molar-refractivity contribution in [2.45, 2.75) is 44.9 Å². The van der Waals surface area contributed by atoms with Crippen LogP contribution < -0.4 is 63.8 Å². The average molecular weight is 1270 g/mol. The number of hydrogen-bond donors (Lipinski definition) is 9. The Labute approximate surface area is 534 Å². The van der Waals surface area contributed by atoms with Crippen LogP contribution in [0.25, 0.3) is 0 Å². The second-order valence-electron chi connectivity index (χ2n) is 22.7. The normalized spacial score (nSPS) is 11.3. The van der Waals surface area contributed by atoms with Crippen LogP contribution in [0, 0.1) is 0 Å². The summed E-state index contributed by atoms with van der Waals surface area (Å²) >= 11 is 0. The van der Waals surface area contributed by atoms with Crippen molar-refractivity contribution in [3.8, 4) is 0 Å². The maximum absolute atomic E-state index is 13.5. The number of aromatic nitrogens is 6. The fourth-order valence-corrected chi connectivity index (χ4v) is 15.8. The molecule has 0 saturated heterocycles. The number of aryl methyl sites for hydroxylation is 5. The molecule has 26 heteroatoms. The number of nitrogens with zero attached hydrogens (tertiary/aromatic N) is 7. The van der Waals surface area contributed by atoms with Crippen LogP contribution in [0.1, 0.15) is 97.5 Å². The van der Waals surface area contributed by atoms with Crippen molar-refractivity contribution in [3.05, 3.63) is 175 Å². The number of amides is 9. The molecule has 0 bridgehead atoms. The van der Waals surface area contributed by atoms with Gasteiger partial charge in [-0.05, 0) is 45.3 Å². The van der Waals surface area contributed by atoms with Crippen LogP contribution >= 0.6 is 7.26 Å². The minimum atomic E-state index is -2.41. The zero-order valence-corrected chi connectivity index (χ0v) is 53.9. The van der Waals surface area contributed by atoms with Crippen molar-refractivity contribution < 1.29 is 43.2 Å². The summed E-state index contributed by atoms with van der Waals surface area (Å²) in [4.78, 5) is 124. The summed E-state index contributed by atoms with van der Waals surface area (Å²) in [5.41, 5.74) is 2.25. The van der Waals surface area contributed by atoms with Gasteiger partial charge in [0.2, 0.25) is 17.6 Å². The smallest absolute Gasteiger partial charge is 0.344 e. The van der Waals surface area contributed by atoms with Gasteiger partial charge in [0, 0.05) is 92.5 Å². The SMILES string of the molecule is CN(C)CCCNC(=O)CCNC(=O)c1cc(NC(=O)c2cc(NC(=O)CCNC(=O)c3nc(NC(=O)c4cc(NC(=O)c5cc(NC(=O)CCNC(=O)CCCC[PH](c6ccccc6)(c6ccccc6)c6ccccc6)cn5C)cn4C)cn3C)cn2C)cn1C. The van der Waals surface area contributed by atoms with Crippen LogP contribution in [0.5, 0.6) is 0 Å². The predicted octanol–water partition coefficient (Wildman–Crippen LogP) is 4.82. The zero-order valence-electron chi connectivity index (χ0n) is 52.9. The van der Waals surface area contributed by atoms with E-state index in [4.69, 9.17) is 0 Å². The summed E-state index contributed by atoms with van der Waals surface area (Å²) in [6, 6.07) is 38.0. The van der Waals surface area contributed by atoms with E-state index in [1.54, 1.807) is 69.2 Å². The Morgan fingerprint density at radius 1 is 0.391 bits per heavy atom. The molecular formula is C66H81N16O9P. The van der Waals surface area contributed by atoms with Crippen molar-refractivity contribution in [1.29, 1.82) is 0 Å². The third kappa shape index (κ3) is 18.2. The van der Waals surface area contributed by atoms with E-state index in [0.29, 0.717) is 42.1 Å². The summed E-state index contributed by atoms with van der Waals surface area (Å²) in [6.07, 6.45) is 11.4. The molecule has 0 radical (unpaired) electrons. The second-order valence-corrected chi connectivity index (χ2v) is 26.8. The molecule has 3 aromatic carbocycles. The van der Waals surface area contributed by atoms with E-state index in [9.17, 15) is 43.2 Å². The maximum atomic E-state index is 13.5. The van der Waals surface area contributed by atoms with Crippen molar-refractivity contribution in [2.75, 3.05) is 79.6 Å². The summed E-state index contributed by atoms with van der Waals surface area (Å²) in [6.45, 7) is 1.60. The first-order valence-electron chi connectivity index (χ1n) is 30.3. The average Bonchev–Trinajstić information content (AvgIpc) is 0.935. The molecule has 9 amide bonds. The number of unbranched alkanes of at least 4 members (excludes halogenated alkanes) is 1. The third-order valence-corrected chi connectivity index (χ3v) is 20.5. The van der Waals surface area contributed by atoms with E-state index >= 15 is 0 Å². The minimum absolute atomic E-state index is 0.0235. The van der Waals surface area contributed by atoms with Crippen LogP contribution in [0.2, 0.25) is 0 Å². The zero-order chi connectivity index (χ0) is 65.9. The van der Waals surface area contributed by atoms with Gasteiger partial charge in [-0.25, -0.2) is 4.98 Å². The van der Waals surface area contributed by atoms with Crippen LogP contribution in [-0.4, -0.2) is 139 Å². The summed E-state index contributed by atoms with van der Waals surface area (Å²) in [5.74, 6) is -3.68. The van der Waals surface area contributed by atoms with Crippen molar-refractivity contribution >= 4 is 105 Å². The van der Waals surface area contributed by atoms with Gasteiger partial charge in [-0.1, -0.05) is 0 Å². The molecule has 0 atom stereocenters. The van der Waals surface area contributed by atoms with E-state index in [2.05, 4.69) is 126 Å². The molecule has 0 aliphatic heterocycles. The van der Waals surface area contributed by atoms with Crippen molar-refractivity contribution in [3.63, 3.8) is 0 Å². The molecule has 0 aliphatic carbocycles. The number of imidazole rings is 1. The molecule has 0 spiro atoms. The van der Waals surface area contributed by atoms with Gasteiger partial charge in [-0.2, -0.15) is 0 Å². The van der Waals surface area contributed by atoms with E-state index < -0.39 is 42.7 Å². The van der Waals surface area contributed by atoms with Crippen LogP contribution in [0.3, 0.4) is 0 Å². The van der Waals surface area contributed by atoms with Crippen molar-refractivity contribution in [1.82, 2.24) is 54.0 Å². The molecule has 8 rings (SSSR count). The fourth-order valence-electron chi connectivity index (χ4n) is 10.8. The first-order chi connectivity index (χ1) is 44.2. The minimum Gasteiger partial charge on any atom is -0.344 e. The molecule has 25 nitrogen and oxygen atoms in total. The molecule has 484 valence electrons. The van der Waals surface area contributed by atoms with Gasteiger partial charge in [0.05, 0.1) is 17.1 Å². The van der Waals surface area contributed by atoms with Gasteiger partial charge in [0.1, 0.15) is 22.8 Å². The van der Waals surface area contributed by atoms with Gasteiger partial charge in [0.25, 0.3) is 29.5 Å². The van der Waals surface area contributed by atoms with Gasteiger partial charge < -0.3 is 65.0 Å². The van der Waals surface area contributed by atoms with E-state index in [1.165, 1.54) is 60.1 Å².